The first kappa shape index (κ1) is 17.6. The van der Waals surface area contributed by atoms with E-state index in [1.165, 1.54) is 51.4 Å². The number of carbonyl (C=O) groups excluding carboxylic acids is 1. The van der Waals surface area contributed by atoms with Gasteiger partial charge in [0, 0.05) is 12.8 Å². The molecule has 8 atom stereocenters. The third-order valence-electron chi connectivity index (χ3n) is 9.20. The van der Waals surface area contributed by atoms with Crippen molar-refractivity contribution < 1.29 is 9.53 Å². The Morgan fingerprint density at radius 2 is 1.80 bits per heavy atom. The van der Waals surface area contributed by atoms with Gasteiger partial charge < -0.3 is 4.74 Å². The third-order valence-corrected chi connectivity index (χ3v) is 9.20. The minimum atomic E-state index is -0.116. The fourth-order valence-corrected chi connectivity index (χ4v) is 7.99. The van der Waals surface area contributed by atoms with E-state index in [2.05, 4.69) is 32.9 Å². The van der Waals surface area contributed by atoms with Gasteiger partial charge in [-0.3, -0.25) is 4.79 Å². The minimum Gasteiger partial charge on any atom is -0.463 e. The predicted molar refractivity (Wildman–Crippen MR) is 101 cm³/mol. The normalized spacial score (nSPS) is 49.7. The van der Waals surface area contributed by atoms with Gasteiger partial charge in [-0.25, -0.2) is 0 Å². The maximum absolute atomic E-state index is 11.5. The van der Waals surface area contributed by atoms with Crippen LogP contribution >= 0.6 is 0 Å². The van der Waals surface area contributed by atoms with Crippen LogP contribution in [-0.2, 0) is 9.53 Å². The Morgan fingerprint density at radius 3 is 2.56 bits per heavy atom. The number of carbonyl (C=O) groups is 1. The summed E-state index contributed by atoms with van der Waals surface area (Å²) in [5, 5.41) is 0. The van der Waals surface area contributed by atoms with Gasteiger partial charge >= 0.3 is 5.97 Å². The monoisotopic (exact) mass is 344 g/mol. The van der Waals surface area contributed by atoms with Crippen molar-refractivity contribution in [2.45, 2.75) is 85.2 Å². The quantitative estimate of drug-likeness (QED) is 0.470. The van der Waals surface area contributed by atoms with Crippen molar-refractivity contribution >= 4 is 5.97 Å². The average Bonchev–Trinajstić information content (AvgIpc) is 2.91. The van der Waals surface area contributed by atoms with Crippen LogP contribution in [0, 0.1) is 40.4 Å². The minimum absolute atomic E-state index is 0.0774. The molecule has 3 saturated carbocycles. The van der Waals surface area contributed by atoms with Crippen molar-refractivity contribution in [1.29, 1.82) is 0 Å². The number of allylic oxidation sites excluding steroid dienone is 2. The molecule has 0 aliphatic heterocycles. The molecule has 0 N–H and O–H groups in total. The summed E-state index contributed by atoms with van der Waals surface area (Å²) in [6.07, 6.45) is 15.8. The Labute approximate surface area is 153 Å². The average molecular weight is 345 g/mol. The van der Waals surface area contributed by atoms with Crippen LogP contribution in [0.2, 0.25) is 0 Å². The lowest BCUT2D eigenvalue weighted by molar-refractivity contribution is -0.153. The molecule has 0 saturated heterocycles. The Kier molecular flexibility index (Phi) is 4.32. The largest absolute Gasteiger partial charge is 0.463 e. The summed E-state index contributed by atoms with van der Waals surface area (Å²) in [6, 6.07) is 0. The molecule has 4 rings (SSSR count). The van der Waals surface area contributed by atoms with Crippen LogP contribution in [-0.4, -0.2) is 12.1 Å². The van der Waals surface area contributed by atoms with Crippen LogP contribution in [0.1, 0.15) is 79.1 Å². The summed E-state index contributed by atoms with van der Waals surface area (Å²) in [4.78, 5) is 11.5. The van der Waals surface area contributed by atoms with Crippen LogP contribution in [0.25, 0.3) is 0 Å². The van der Waals surface area contributed by atoms with E-state index in [9.17, 15) is 4.79 Å². The highest BCUT2D eigenvalue weighted by atomic mass is 16.5. The first-order valence-corrected chi connectivity index (χ1v) is 10.7. The third kappa shape index (κ3) is 2.61. The van der Waals surface area contributed by atoms with Gasteiger partial charge in [0.25, 0.3) is 0 Å². The molecule has 1 unspecified atom stereocenters. The van der Waals surface area contributed by atoms with E-state index in [0.29, 0.717) is 16.7 Å². The lowest BCUT2D eigenvalue weighted by atomic mass is 9.45. The molecule has 0 aromatic carbocycles. The van der Waals surface area contributed by atoms with Crippen molar-refractivity contribution in [2.24, 2.45) is 40.4 Å². The number of esters is 1. The standard InChI is InChI=1S/C23H36O2/c1-15(25-16(2)24)19-10-11-20-18-9-8-17-7-5-6-13-22(17,3)21(18)12-14-23(19,20)4/h5-6,15,17-21H,7-14H2,1-4H3/t15?,17-,18+,19-,20+,21+,22+,23-/m0/s1. The zero-order chi connectivity index (χ0) is 17.8. The molecule has 0 bridgehead atoms. The van der Waals surface area contributed by atoms with Gasteiger partial charge in [-0.15, -0.1) is 0 Å². The fraction of sp³-hybridized carbons (Fsp3) is 0.870. The molecule has 0 heterocycles. The molecule has 25 heavy (non-hydrogen) atoms. The molecule has 140 valence electrons. The molecule has 3 fully saturated rings. The first-order valence-electron chi connectivity index (χ1n) is 10.7. The highest BCUT2D eigenvalue weighted by Gasteiger charge is 2.60. The maximum Gasteiger partial charge on any atom is 0.302 e. The summed E-state index contributed by atoms with van der Waals surface area (Å²) < 4.78 is 5.64. The Bertz CT molecular complexity index is 566. The van der Waals surface area contributed by atoms with Gasteiger partial charge in [0.1, 0.15) is 6.10 Å². The predicted octanol–water partition coefficient (Wildman–Crippen LogP) is 5.76. The first-order chi connectivity index (χ1) is 11.9. The number of rotatable bonds is 2. The highest BCUT2D eigenvalue weighted by molar-refractivity contribution is 5.66. The molecular formula is C23H36O2. The zero-order valence-corrected chi connectivity index (χ0v) is 16.6. The number of hydrogen-bond acceptors (Lipinski definition) is 2. The second-order valence-corrected chi connectivity index (χ2v) is 10.1. The van der Waals surface area contributed by atoms with Gasteiger partial charge in [-0.05, 0) is 92.8 Å². The summed E-state index contributed by atoms with van der Waals surface area (Å²) in [5.74, 6) is 4.02. The second-order valence-electron chi connectivity index (χ2n) is 10.1. The summed E-state index contributed by atoms with van der Waals surface area (Å²) >= 11 is 0. The van der Waals surface area contributed by atoms with Crippen LogP contribution in [0.15, 0.2) is 12.2 Å². The van der Waals surface area contributed by atoms with Gasteiger partial charge in [-0.1, -0.05) is 26.0 Å². The molecule has 0 aromatic heterocycles. The van der Waals surface area contributed by atoms with Gasteiger partial charge in [0.15, 0.2) is 0 Å². The Morgan fingerprint density at radius 1 is 1.04 bits per heavy atom. The zero-order valence-electron chi connectivity index (χ0n) is 16.6. The Balaban J connectivity index is 1.57. The maximum atomic E-state index is 11.5. The number of ether oxygens (including phenoxy) is 1. The van der Waals surface area contributed by atoms with Crippen LogP contribution < -0.4 is 0 Å². The second kappa shape index (κ2) is 6.13. The molecule has 0 radical (unpaired) electrons. The van der Waals surface area contributed by atoms with Crippen molar-refractivity contribution in [3.05, 3.63) is 12.2 Å². The van der Waals surface area contributed by atoms with E-state index in [0.717, 1.165) is 23.7 Å². The van der Waals surface area contributed by atoms with E-state index in [-0.39, 0.29) is 12.1 Å². The van der Waals surface area contributed by atoms with Crippen molar-refractivity contribution in [3.63, 3.8) is 0 Å². The molecule has 2 heteroatoms. The SMILES string of the molecule is CC(=O)OC(C)[C@@H]1CC[C@@H]2[C@H]3CC[C@@H]4CC=CC[C@@]4(C)[C@@H]3CC[C@]21C. The fourth-order valence-electron chi connectivity index (χ4n) is 7.99. The molecule has 4 aliphatic carbocycles. The summed E-state index contributed by atoms with van der Waals surface area (Å²) in [6.45, 7) is 8.83. The van der Waals surface area contributed by atoms with E-state index in [1.54, 1.807) is 6.92 Å². The van der Waals surface area contributed by atoms with E-state index >= 15 is 0 Å². The lowest BCUT2D eigenvalue weighted by Crippen LogP contribution is -2.53. The van der Waals surface area contributed by atoms with Crippen LogP contribution in [0.3, 0.4) is 0 Å². The van der Waals surface area contributed by atoms with E-state index < -0.39 is 0 Å². The molecule has 0 spiro atoms. The number of hydrogen-bond donors (Lipinski definition) is 0. The molecule has 0 amide bonds. The van der Waals surface area contributed by atoms with Crippen molar-refractivity contribution in [1.82, 2.24) is 0 Å². The lowest BCUT2D eigenvalue weighted by Gasteiger charge is -2.60. The van der Waals surface area contributed by atoms with Crippen LogP contribution in [0.4, 0.5) is 0 Å². The molecule has 4 aliphatic rings. The van der Waals surface area contributed by atoms with Crippen molar-refractivity contribution in [2.75, 3.05) is 0 Å². The summed E-state index contributed by atoms with van der Waals surface area (Å²) in [5.41, 5.74) is 0.919. The summed E-state index contributed by atoms with van der Waals surface area (Å²) in [7, 11) is 0. The van der Waals surface area contributed by atoms with E-state index in [1.807, 2.05) is 0 Å². The van der Waals surface area contributed by atoms with Crippen LogP contribution in [0.5, 0.6) is 0 Å². The topological polar surface area (TPSA) is 26.3 Å². The van der Waals surface area contributed by atoms with Gasteiger partial charge in [0.05, 0.1) is 0 Å². The molecule has 2 nitrogen and oxygen atoms in total. The molecule has 0 aromatic rings. The van der Waals surface area contributed by atoms with Crippen molar-refractivity contribution in [3.8, 4) is 0 Å². The van der Waals surface area contributed by atoms with E-state index in [4.69, 9.17) is 4.74 Å². The molecular weight excluding hydrogens is 308 g/mol. The Hall–Kier alpha value is -0.790. The highest BCUT2D eigenvalue weighted by Crippen LogP contribution is 2.67. The number of fused-ring (bicyclic) bond motifs is 5. The smallest absolute Gasteiger partial charge is 0.302 e. The van der Waals surface area contributed by atoms with Gasteiger partial charge in [-0.2, -0.15) is 0 Å². The van der Waals surface area contributed by atoms with Gasteiger partial charge in [0.2, 0.25) is 0 Å².